The zero-order valence-electron chi connectivity index (χ0n) is 12.6. The monoisotopic (exact) mass is 319 g/mol. The smallest absolute Gasteiger partial charge is 0.339 e. The van der Waals surface area contributed by atoms with Crippen LogP contribution in [0.5, 0.6) is 0 Å². The summed E-state index contributed by atoms with van der Waals surface area (Å²) in [5.74, 6) is -1.12. The number of thioether (sulfide) groups is 1. The van der Waals surface area contributed by atoms with Crippen molar-refractivity contribution in [2.45, 2.75) is 18.2 Å². The Morgan fingerprint density at radius 2 is 2.05 bits per heavy atom. The summed E-state index contributed by atoms with van der Waals surface area (Å²) in [5.41, 5.74) is 0.764. The topological polar surface area (TPSA) is 70.8 Å². The molecule has 2 rings (SSSR count). The van der Waals surface area contributed by atoms with E-state index >= 15 is 0 Å². The van der Waals surface area contributed by atoms with Crippen molar-refractivity contribution in [2.75, 3.05) is 18.2 Å². The predicted octanol–water partition coefficient (Wildman–Crippen LogP) is 3.54. The lowest BCUT2D eigenvalue weighted by Gasteiger charge is -2.16. The highest BCUT2D eigenvalue weighted by Crippen LogP contribution is 2.24. The lowest BCUT2D eigenvalue weighted by atomic mass is 10.2. The molecule has 1 aromatic carbocycles. The van der Waals surface area contributed by atoms with Crippen LogP contribution < -0.4 is 4.90 Å². The second-order valence-electron chi connectivity index (χ2n) is 4.67. The fourth-order valence-electron chi connectivity index (χ4n) is 2.08. The molecule has 22 heavy (non-hydrogen) atoms. The van der Waals surface area contributed by atoms with Gasteiger partial charge in [0.05, 0.1) is 0 Å². The van der Waals surface area contributed by atoms with E-state index in [1.807, 2.05) is 30.5 Å². The SMILES string of the molecule is CCc1oc(C(=O)N(C)c2cccc(SC)c2)cc1C(=O)O. The van der Waals surface area contributed by atoms with E-state index in [0.29, 0.717) is 12.2 Å². The average Bonchev–Trinajstić information content (AvgIpc) is 2.98. The van der Waals surface area contributed by atoms with Gasteiger partial charge < -0.3 is 14.4 Å². The number of carboxylic acids is 1. The molecule has 0 spiro atoms. The molecular formula is C16H17NO4S. The summed E-state index contributed by atoms with van der Waals surface area (Å²) in [6.07, 6.45) is 2.38. The van der Waals surface area contributed by atoms with Crippen molar-refractivity contribution in [2.24, 2.45) is 0 Å². The largest absolute Gasteiger partial charge is 0.478 e. The number of furan rings is 1. The third-order valence-corrected chi connectivity index (χ3v) is 4.04. The van der Waals surface area contributed by atoms with Crippen molar-refractivity contribution in [3.8, 4) is 0 Å². The number of aromatic carboxylic acids is 1. The summed E-state index contributed by atoms with van der Waals surface area (Å²) < 4.78 is 5.41. The third-order valence-electron chi connectivity index (χ3n) is 3.32. The van der Waals surface area contributed by atoms with Gasteiger partial charge in [0.15, 0.2) is 5.76 Å². The molecule has 1 heterocycles. The fourth-order valence-corrected chi connectivity index (χ4v) is 2.53. The van der Waals surface area contributed by atoms with E-state index in [1.54, 1.807) is 25.7 Å². The van der Waals surface area contributed by atoms with E-state index in [9.17, 15) is 9.59 Å². The normalized spacial score (nSPS) is 10.5. The number of carboxylic acid groups (broad SMARTS) is 1. The minimum Gasteiger partial charge on any atom is -0.478 e. The Kier molecular flexibility index (Phi) is 4.92. The van der Waals surface area contributed by atoms with Crippen LogP contribution in [0.3, 0.4) is 0 Å². The molecule has 0 saturated heterocycles. The zero-order valence-corrected chi connectivity index (χ0v) is 13.4. The maximum absolute atomic E-state index is 12.5. The molecule has 0 saturated carbocycles. The van der Waals surface area contributed by atoms with Crippen LogP contribution in [0, 0.1) is 0 Å². The molecule has 1 aromatic heterocycles. The number of hydrogen-bond acceptors (Lipinski definition) is 4. The van der Waals surface area contributed by atoms with Crippen LogP contribution in [0.4, 0.5) is 5.69 Å². The van der Waals surface area contributed by atoms with E-state index in [2.05, 4.69) is 0 Å². The van der Waals surface area contributed by atoms with Gasteiger partial charge in [0.1, 0.15) is 11.3 Å². The Hall–Kier alpha value is -2.21. The molecule has 116 valence electrons. The van der Waals surface area contributed by atoms with Gasteiger partial charge in [-0.2, -0.15) is 0 Å². The van der Waals surface area contributed by atoms with Gasteiger partial charge in [-0.15, -0.1) is 11.8 Å². The van der Waals surface area contributed by atoms with E-state index in [1.165, 1.54) is 11.0 Å². The van der Waals surface area contributed by atoms with Crippen LogP contribution in [-0.4, -0.2) is 30.3 Å². The van der Waals surface area contributed by atoms with E-state index in [0.717, 1.165) is 10.6 Å². The predicted molar refractivity (Wildman–Crippen MR) is 86.0 cm³/mol. The van der Waals surface area contributed by atoms with Crippen LogP contribution in [-0.2, 0) is 6.42 Å². The Morgan fingerprint density at radius 1 is 1.32 bits per heavy atom. The summed E-state index contributed by atoms with van der Waals surface area (Å²) in [5, 5.41) is 9.13. The number of amides is 1. The van der Waals surface area contributed by atoms with Crippen molar-refractivity contribution in [1.82, 2.24) is 0 Å². The van der Waals surface area contributed by atoms with Gasteiger partial charge >= 0.3 is 5.97 Å². The van der Waals surface area contributed by atoms with Gasteiger partial charge in [-0.3, -0.25) is 4.79 Å². The highest BCUT2D eigenvalue weighted by atomic mass is 32.2. The van der Waals surface area contributed by atoms with Gasteiger partial charge in [0.2, 0.25) is 0 Å². The summed E-state index contributed by atoms with van der Waals surface area (Å²) in [6, 6.07) is 8.83. The molecule has 0 fully saturated rings. The number of anilines is 1. The molecule has 0 unspecified atom stereocenters. The zero-order chi connectivity index (χ0) is 16.3. The van der Waals surface area contributed by atoms with Crippen molar-refractivity contribution in [1.29, 1.82) is 0 Å². The Balaban J connectivity index is 2.32. The van der Waals surface area contributed by atoms with Crippen LogP contribution >= 0.6 is 11.8 Å². The first kappa shape index (κ1) is 16.2. The number of benzene rings is 1. The molecule has 0 aliphatic rings. The molecular weight excluding hydrogens is 302 g/mol. The van der Waals surface area contributed by atoms with Crippen molar-refractivity contribution >= 4 is 29.3 Å². The molecule has 1 N–H and O–H groups in total. The van der Waals surface area contributed by atoms with Gasteiger partial charge in [-0.05, 0) is 24.5 Å². The molecule has 0 atom stereocenters. The Labute approximate surface area is 132 Å². The van der Waals surface area contributed by atoms with Crippen LogP contribution in [0.15, 0.2) is 39.6 Å². The number of rotatable bonds is 5. The van der Waals surface area contributed by atoms with Crippen LogP contribution in [0.25, 0.3) is 0 Å². The van der Waals surface area contributed by atoms with Gasteiger partial charge in [0.25, 0.3) is 5.91 Å². The minimum atomic E-state index is -1.09. The fraction of sp³-hybridized carbons (Fsp3) is 0.250. The first-order valence-corrected chi connectivity index (χ1v) is 7.98. The van der Waals surface area contributed by atoms with Crippen molar-refractivity contribution in [3.63, 3.8) is 0 Å². The molecule has 0 aliphatic carbocycles. The highest BCUT2D eigenvalue weighted by molar-refractivity contribution is 7.98. The molecule has 2 aromatic rings. The lowest BCUT2D eigenvalue weighted by Crippen LogP contribution is -2.25. The maximum Gasteiger partial charge on any atom is 0.339 e. The molecule has 1 amide bonds. The van der Waals surface area contributed by atoms with Crippen molar-refractivity contribution in [3.05, 3.63) is 47.4 Å². The number of carbonyl (C=O) groups excluding carboxylic acids is 1. The summed E-state index contributed by atoms with van der Waals surface area (Å²) in [7, 11) is 1.64. The highest BCUT2D eigenvalue weighted by Gasteiger charge is 2.23. The third kappa shape index (κ3) is 3.17. The van der Waals surface area contributed by atoms with Crippen LogP contribution in [0.1, 0.15) is 33.6 Å². The Morgan fingerprint density at radius 3 is 2.59 bits per heavy atom. The number of aryl methyl sites for hydroxylation is 1. The lowest BCUT2D eigenvalue weighted by molar-refractivity contribution is 0.0694. The maximum atomic E-state index is 12.5. The molecule has 6 heteroatoms. The van der Waals surface area contributed by atoms with Gasteiger partial charge in [-0.25, -0.2) is 4.79 Å². The quantitative estimate of drug-likeness (QED) is 0.854. The first-order chi connectivity index (χ1) is 10.5. The van der Waals surface area contributed by atoms with Crippen molar-refractivity contribution < 1.29 is 19.1 Å². The van der Waals surface area contributed by atoms with E-state index in [4.69, 9.17) is 9.52 Å². The molecule has 0 bridgehead atoms. The first-order valence-electron chi connectivity index (χ1n) is 6.76. The average molecular weight is 319 g/mol. The molecule has 0 radical (unpaired) electrons. The molecule has 5 nitrogen and oxygen atoms in total. The number of carbonyl (C=O) groups is 2. The van der Waals surface area contributed by atoms with E-state index in [-0.39, 0.29) is 17.2 Å². The van der Waals surface area contributed by atoms with Gasteiger partial charge in [-0.1, -0.05) is 13.0 Å². The van der Waals surface area contributed by atoms with E-state index < -0.39 is 5.97 Å². The second kappa shape index (κ2) is 6.70. The summed E-state index contributed by atoms with van der Waals surface area (Å²) in [4.78, 5) is 26.1. The second-order valence-corrected chi connectivity index (χ2v) is 5.55. The summed E-state index contributed by atoms with van der Waals surface area (Å²) in [6.45, 7) is 1.78. The van der Waals surface area contributed by atoms with Crippen LogP contribution in [0.2, 0.25) is 0 Å². The number of hydrogen-bond donors (Lipinski definition) is 1. The standard InChI is InChI=1S/C16H17NO4S/c1-4-13-12(16(19)20)9-14(21-13)15(18)17(2)10-6-5-7-11(8-10)22-3/h5-9H,4H2,1-3H3,(H,19,20). The Bertz CT molecular complexity index is 708. The number of nitrogens with zero attached hydrogens (tertiary/aromatic N) is 1. The molecule has 0 aliphatic heterocycles. The summed E-state index contributed by atoms with van der Waals surface area (Å²) >= 11 is 1.58. The minimum absolute atomic E-state index is 0.0336. The van der Waals surface area contributed by atoms with Gasteiger partial charge in [0, 0.05) is 30.1 Å².